The number of sulfonamides is 1. The third-order valence-electron chi connectivity index (χ3n) is 3.65. The molecule has 0 saturated heterocycles. The van der Waals surface area contributed by atoms with Crippen molar-refractivity contribution in [2.75, 3.05) is 7.11 Å². The number of hydrogen-bond acceptors (Lipinski definition) is 4. The van der Waals surface area contributed by atoms with Crippen molar-refractivity contribution >= 4 is 10.0 Å². The Morgan fingerprint density at radius 2 is 1.92 bits per heavy atom. The van der Waals surface area contributed by atoms with Crippen molar-refractivity contribution in [1.82, 2.24) is 4.72 Å². The average Bonchev–Trinajstić information content (AvgIpc) is 2.59. The lowest BCUT2D eigenvalue weighted by Gasteiger charge is -2.19. The van der Waals surface area contributed by atoms with Gasteiger partial charge in [-0.1, -0.05) is 36.4 Å². The summed E-state index contributed by atoms with van der Waals surface area (Å²) in [4.78, 5) is 0.0999. The highest BCUT2D eigenvalue weighted by molar-refractivity contribution is 7.89. The van der Waals surface area contributed by atoms with Crippen LogP contribution in [0.25, 0.3) is 0 Å². The molecule has 0 spiro atoms. The molecule has 0 aliphatic rings. The molecular formula is C18H20N2O3S. The van der Waals surface area contributed by atoms with Crippen LogP contribution in [0, 0.1) is 18.3 Å². The van der Waals surface area contributed by atoms with Crippen LogP contribution in [0.2, 0.25) is 0 Å². The van der Waals surface area contributed by atoms with E-state index in [1.165, 1.54) is 7.11 Å². The van der Waals surface area contributed by atoms with E-state index in [2.05, 4.69) is 10.8 Å². The third kappa shape index (κ3) is 4.34. The van der Waals surface area contributed by atoms with E-state index in [-0.39, 0.29) is 11.3 Å². The van der Waals surface area contributed by atoms with E-state index < -0.39 is 16.1 Å². The molecular weight excluding hydrogens is 324 g/mol. The highest BCUT2D eigenvalue weighted by Crippen LogP contribution is 2.27. The maximum absolute atomic E-state index is 12.8. The molecule has 1 atom stereocenters. The standard InChI is InChI=1S/C18H20N2O3S/c1-14-10-11-17(23-2)18(13-14)24(21,22)20-16(9-6-12-19)15-7-4-3-5-8-15/h3-5,7-8,10-11,13,16,20H,6,9H2,1-2H3/t16-/m0/s1. The molecule has 0 saturated carbocycles. The molecule has 5 nitrogen and oxygen atoms in total. The SMILES string of the molecule is COc1ccc(C)cc1S(=O)(=O)N[C@@H](CCC#N)c1ccccc1. The van der Waals surface area contributed by atoms with E-state index in [0.717, 1.165) is 11.1 Å². The van der Waals surface area contributed by atoms with Gasteiger partial charge in [-0.25, -0.2) is 13.1 Å². The van der Waals surface area contributed by atoms with Crippen LogP contribution >= 0.6 is 0 Å². The fraction of sp³-hybridized carbons (Fsp3) is 0.278. The molecule has 2 rings (SSSR count). The fourth-order valence-electron chi connectivity index (χ4n) is 2.43. The largest absolute Gasteiger partial charge is 0.495 e. The van der Waals surface area contributed by atoms with Crippen molar-refractivity contribution in [1.29, 1.82) is 5.26 Å². The molecule has 0 fully saturated rings. The van der Waals surface area contributed by atoms with Gasteiger partial charge in [0.15, 0.2) is 0 Å². The second-order valence-corrected chi connectivity index (χ2v) is 7.12. The van der Waals surface area contributed by atoms with E-state index in [9.17, 15) is 8.42 Å². The third-order valence-corrected chi connectivity index (χ3v) is 5.15. The van der Waals surface area contributed by atoms with E-state index in [4.69, 9.17) is 10.00 Å². The molecule has 6 heteroatoms. The van der Waals surface area contributed by atoms with Crippen LogP contribution in [0.5, 0.6) is 5.75 Å². The lowest BCUT2D eigenvalue weighted by molar-refractivity contribution is 0.401. The molecule has 0 aliphatic heterocycles. The zero-order valence-corrected chi connectivity index (χ0v) is 14.5. The Kier molecular flexibility index (Phi) is 5.96. The maximum Gasteiger partial charge on any atom is 0.244 e. The van der Waals surface area contributed by atoms with E-state index in [0.29, 0.717) is 12.2 Å². The number of hydrogen-bond donors (Lipinski definition) is 1. The summed E-state index contributed by atoms with van der Waals surface area (Å²) < 4.78 is 33.6. The second-order valence-electron chi connectivity index (χ2n) is 5.44. The number of nitriles is 1. The zero-order chi connectivity index (χ0) is 17.6. The minimum Gasteiger partial charge on any atom is -0.495 e. The van der Waals surface area contributed by atoms with Crippen LogP contribution in [0.4, 0.5) is 0 Å². The number of nitrogens with one attached hydrogen (secondary N) is 1. The molecule has 0 amide bonds. The van der Waals surface area contributed by atoms with Crippen molar-refractivity contribution in [3.05, 3.63) is 59.7 Å². The second kappa shape index (κ2) is 7.95. The molecule has 126 valence electrons. The van der Waals surface area contributed by atoms with Gasteiger partial charge in [-0.05, 0) is 36.6 Å². The molecule has 0 unspecified atom stereocenters. The van der Waals surface area contributed by atoms with Crippen molar-refractivity contribution in [2.45, 2.75) is 30.7 Å². The first-order valence-corrected chi connectivity index (χ1v) is 9.05. The average molecular weight is 344 g/mol. The molecule has 2 aromatic carbocycles. The van der Waals surface area contributed by atoms with Crippen molar-refractivity contribution in [3.8, 4) is 11.8 Å². The lowest BCUT2D eigenvalue weighted by atomic mass is 10.0. The van der Waals surface area contributed by atoms with Crippen molar-refractivity contribution in [2.24, 2.45) is 0 Å². The molecule has 0 aliphatic carbocycles. The summed E-state index contributed by atoms with van der Waals surface area (Å²) in [7, 11) is -2.35. The minimum absolute atomic E-state index is 0.0999. The quantitative estimate of drug-likeness (QED) is 0.835. The predicted octanol–water partition coefficient (Wildman–Crippen LogP) is 3.33. The van der Waals surface area contributed by atoms with Gasteiger partial charge < -0.3 is 4.74 Å². The number of methoxy groups -OCH3 is 1. The first-order chi connectivity index (χ1) is 11.5. The molecule has 24 heavy (non-hydrogen) atoms. The molecule has 0 heterocycles. The first-order valence-electron chi connectivity index (χ1n) is 7.57. The number of ether oxygens (including phenoxy) is 1. The highest BCUT2D eigenvalue weighted by Gasteiger charge is 2.24. The Hall–Kier alpha value is -2.36. The maximum atomic E-state index is 12.8. The molecule has 0 radical (unpaired) electrons. The summed E-state index contributed by atoms with van der Waals surface area (Å²) in [5, 5.41) is 8.85. The summed E-state index contributed by atoms with van der Waals surface area (Å²) >= 11 is 0. The van der Waals surface area contributed by atoms with Gasteiger partial charge in [0.05, 0.1) is 13.2 Å². The van der Waals surface area contributed by atoms with Gasteiger partial charge in [-0.3, -0.25) is 0 Å². The topological polar surface area (TPSA) is 79.2 Å². The van der Waals surface area contributed by atoms with Gasteiger partial charge in [0.1, 0.15) is 10.6 Å². The van der Waals surface area contributed by atoms with E-state index in [1.807, 2.05) is 37.3 Å². The molecule has 0 aromatic heterocycles. The van der Waals surface area contributed by atoms with Crippen LogP contribution in [0.3, 0.4) is 0 Å². The molecule has 1 N–H and O–H groups in total. The van der Waals surface area contributed by atoms with Crippen LogP contribution in [0.1, 0.15) is 30.0 Å². The monoisotopic (exact) mass is 344 g/mol. The molecule has 0 bridgehead atoms. The summed E-state index contributed by atoms with van der Waals surface area (Å²) in [5.41, 5.74) is 1.65. The number of aryl methyl sites for hydroxylation is 1. The van der Waals surface area contributed by atoms with Gasteiger partial charge in [0, 0.05) is 12.5 Å². The zero-order valence-electron chi connectivity index (χ0n) is 13.7. The van der Waals surface area contributed by atoms with Gasteiger partial charge in [-0.15, -0.1) is 0 Å². The van der Waals surface area contributed by atoms with Gasteiger partial charge in [-0.2, -0.15) is 5.26 Å². The summed E-state index contributed by atoms with van der Waals surface area (Å²) in [5.74, 6) is 0.292. The van der Waals surface area contributed by atoms with Crippen molar-refractivity contribution < 1.29 is 13.2 Å². The highest BCUT2D eigenvalue weighted by atomic mass is 32.2. The van der Waals surface area contributed by atoms with Crippen molar-refractivity contribution in [3.63, 3.8) is 0 Å². The number of nitrogens with zero attached hydrogens (tertiary/aromatic N) is 1. The van der Waals surface area contributed by atoms with Crippen LogP contribution in [-0.4, -0.2) is 15.5 Å². The summed E-state index contributed by atoms with van der Waals surface area (Å²) in [6.07, 6.45) is 0.654. The van der Waals surface area contributed by atoms with Crippen LogP contribution in [0.15, 0.2) is 53.4 Å². The van der Waals surface area contributed by atoms with E-state index >= 15 is 0 Å². The Bertz CT molecular complexity index is 827. The van der Waals surface area contributed by atoms with Gasteiger partial charge in [0.25, 0.3) is 0 Å². The van der Waals surface area contributed by atoms with E-state index in [1.54, 1.807) is 18.2 Å². The fourth-order valence-corrected chi connectivity index (χ4v) is 3.95. The Labute approximate surface area is 142 Å². The first kappa shape index (κ1) is 18.0. The lowest BCUT2D eigenvalue weighted by Crippen LogP contribution is -2.29. The smallest absolute Gasteiger partial charge is 0.244 e. The Balaban J connectivity index is 2.37. The minimum atomic E-state index is -3.79. The van der Waals surface area contributed by atoms with Gasteiger partial charge in [0.2, 0.25) is 10.0 Å². The summed E-state index contributed by atoms with van der Waals surface area (Å²) in [6.45, 7) is 1.82. The summed E-state index contributed by atoms with van der Waals surface area (Å²) in [6, 6.07) is 15.8. The van der Waals surface area contributed by atoms with Crippen LogP contribution in [-0.2, 0) is 10.0 Å². The molecule has 2 aromatic rings. The number of rotatable bonds is 7. The Morgan fingerprint density at radius 3 is 2.54 bits per heavy atom. The number of benzene rings is 2. The Morgan fingerprint density at radius 1 is 1.21 bits per heavy atom. The predicted molar refractivity (Wildman–Crippen MR) is 92.1 cm³/mol. The normalized spacial score (nSPS) is 12.4. The van der Waals surface area contributed by atoms with Gasteiger partial charge >= 0.3 is 0 Å². The van der Waals surface area contributed by atoms with Crippen LogP contribution < -0.4 is 9.46 Å².